The first kappa shape index (κ1) is 12.6. The molecule has 1 amide bonds. The number of piperidine rings is 1. The number of carbonyl (C=O) groups is 1. The third-order valence-electron chi connectivity index (χ3n) is 3.78. The summed E-state index contributed by atoms with van der Waals surface area (Å²) in [5.74, 6) is 1.05. The number of nitrogens with zero attached hydrogens (tertiary/aromatic N) is 1. The molecule has 1 heterocycles. The van der Waals surface area contributed by atoms with E-state index in [4.69, 9.17) is 0 Å². The van der Waals surface area contributed by atoms with E-state index in [2.05, 4.69) is 16.8 Å². The van der Waals surface area contributed by atoms with Crippen molar-refractivity contribution in [1.82, 2.24) is 10.2 Å². The van der Waals surface area contributed by atoms with Gasteiger partial charge in [0, 0.05) is 19.0 Å². The minimum absolute atomic E-state index is 0.339. The molecular formula is C14H24N2O. The van der Waals surface area contributed by atoms with Crippen LogP contribution < -0.4 is 5.32 Å². The fourth-order valence-corrected chi connectivity index (χ4v) is 2.55. The van der Waals surface area contributed by atoms with Crippen LogP contribution in [0.2, 0.25) is 0 Å². The van der Waals surface area contributed by atoms with Crippen LogP contribution >= 0.6 is 0 Å². The molecule has 0 atom stereocenters. The molecule has 0 bridgehead atoms. The van der Waals surface area contributed by atoms with Crippen molar-refractivity contribution in [2.75, 3.05) is 19.6 Å². The average molecular weight is 236 g/mol. The molecule has 0 spiro atoms. The molecule has 0 radical (unpaired) electrons. The zero-order chi connectivity index (χ0) is 12.1. The van der Waals surface area contributed by atoms with Gasteiger partial charge in [-0.1, -0.05) is 6.08 Å². The summed E-state index contributed by atoms with van der Waals surface area (Å²) >= 11 is 0. The van der Waals surface area contributed by atoms with E-state index in [0.717, 1.165) is 26.1 Å². The average Bonchev–Trinajstić information content (AvgIpc) is 3.18. The number of nitrogens with one attached hydrogen (secondary N) is 1. The van der Waals surface area contributed by atoms with Gasteiger partial charge in [0.05, 0.1) is 0 Å². The van der Waals surface area contributed by atoms with E-state index in [-0.39, 0.29) is 0 Å². The molecule has 2 rings (SSSR count). The molecule has 3 heteroatoms. The molecule has 0 unspecified atom stereocenters. The molecule has 3 nitrogen and oxygen atoms in total. The third kappa shape index (κ3) is 3.84. The first-order valence-electron chi connectivity index (χ1n) is 6.92. The highest BCUT2D eigenvalue weighted by Gasteiger charge is 2.33. The van der Waals surface area contributed by atoms with Gasteiger partial charge >= 0.3 is 0 Å². The second-order valence-electron chi connectivity index (χ2n) is 5.30. The van der Waals surface area contributed by atoms with Crippen LogP contribution in [0.3, 0.4) is 0 Å². The van der Waals surface area contributed by atoms with Gasteiger partial charge < -0.3 is 10.2 Å². The standard InChI is InChI=1S/C14H24N2O/c1-2-3-4-14(17)16(13-5-6-13)11-12-7-9-15-10-8-12/h2,12-13,15H,1,3-11H2. The zero-order valence-electron chi connectivity index (χ0n) is 10.7. The number of rotatable bonds is 6. The van der Waals surface area contributed by atoms with E-state index in [1.54, 1.807) is 0 Å². The Labute approximate surface area is 104 Å². The van der Waals surface area contributed by atoms with Crippen LogP contribution in [0.25, 0.3) is 0 Å². The fraction of sp³-hybridized carbons (Fsp3) is 0.786. The van der Waals surface area contributed by atoms with E-state index >= 15 is 0 Å². The van der Waals surface area contributed by atoms with Crippen molar-refractivity contribution < 1.29 is 4.79 Å². The maximum Gasteiger partial charge on any atom is 0.223 e. The Morgan fingerprint density at radius 1 is 1.29 bits per heavy atom. The molecule has 2 fully saturated rings. The summed E-state index contributed by atoms with van der Waals surface area (Å²) in [6, 6.07) is 0.558. The molecule has 0 aromatic carbocycles. The monoisotopic (exact) mass is 236 g/mol. The highest BCUT2D eigenvalue weighted by molar-refractivity contribution is 5.77. The first-order valence-corrected chi connectivity index (χ1v) is 6.92. The molecule has 1 saturated heterocycles. The Hall–Kier alpha value is -0.830. The minimum Gasteiger partial charge on any atom is -0.339 e. The molecular weight excluding hydrogens is 212 g/mol. The quantitative estimate of drug-likeness (QED) is 0.715. The second-order valence-corrected chi connectivity index (χ2v) is 5.30. The molecule has 0 aromatic heterocycles. The van der Waals surface area contributed by atoms with Crippen molar-refractivity contribution in [2.45, 2.75) is 44.6 Å². The molecule has 1 aliphatic carbocycles. The van der Waals surface area contributed by atoms with Crippen LogP contribution in [-0.2, 0) is 4.79 Å². The van der Waals surface area contributed by atoms with E-state index in [0.29, 0.717) is 24.3 Å². The van der Waals surface area contributed by atoms with E-state index in [1.165, 1.54) is 25.7 Å². The van der Waals surface area contributed by atoms with Crippen molar-refractivity contribution >= 4 is 5.91 Å². The lowest BCUT2D eigenvalue weighted by atomic mass is 9.97. The lowest BCUT2D eigenvalue weighted by Crippen LogP contribution is -2.40. The van der Waals surface area contributed by atoms with Crippen LogP contribution in [0.4, 0.5) is 0 Å². The van der Waals surface area contributed by atoms with Crippen molar-refractivity contribution in [3.05, 3.63) is 12.7 Å². The Kier molecular flexibility index (Phi) is 4.60. The van der Waals surface area contributed by atoms with Gasteiger partial charge in [0.15, 0.2) is 0 Å². The summed E-state index contributed by atoms with van der Waals surface area (Å²) in [6.07, 6.45) is 8.16. The van der Waals surface area contributed by atoms with E-state index in [1.807, 2.05) is 6.08 Å². The van der Waals surface area contributed by atoms with Gasteiger partial charge in [0.25, 0.3) is 0 Å². The van der Waals surface area contributed by atoms with Gasteiger partial charge in [-0.3, -0.25) is 4.79 Å². The predicted molar refractivity (Wildman–Crippen MR) is 69.8 cm³/mol. The number of hydrogen-bond acceptors (Lipinski definition) is 2. The molecule has 17 heavy (non-hydrogen) atoms. The van der Waals surface area contributed by atoms with Crippen molar-refractivity contribution in [2.24, 2.45) is 5.92 Å². The topological polar surface area (TPSA) is 32.3 Å². The van der Waals surface area contributed by atoms with E-state index in [9.17, 15) is 4.79 Å². The number of allylic oxidation sites excluding steroid dienone is 1. The summed E-state index contributed by atoms with van der Waals surface area (Å²) in [5, 5.41) is 3.38. The van der Waals surface area contributed by atoms with Gasteiger partial charge in [-0.15, -0.1) is 6.58 Å². The normalized spacial score (nSPS) is 21.2. The summed E-state index contributed by atoms with van der Waals surface area (Å²) in [5.41, 5.74) is 0. The molecule has 1 saturated carbocycles. The van der Waals surface area contributed by atoms with Crippen molar-refractivity contribution in [3.63, 3.8) is 0 Å². The smallest absolute Gasteiger partial charge is 0.223 e. The van der Waals surface area contributed by atoms with Gasteiger partial charge in [-0.2, -0.15) is 0 Å². The molecule has 1 N–H and O–H groups in total. The fourth-order valence-electron chi connectivity index (χ4n) is 2.55. The molecule has 96 valence electrons. The Morgan fingerprint density at radius 3 is 2.59 bits per heavy atom. The molecule has 2 aliphatic rings. The Balaban J connectivity index is 1.83. The zero-order valence-corrected chi connectivity index (χ0v) is 10.7. The SMILES string of the molecule is C=CCCC(=O)N(CC1CCNCC1)C1CC1. The summed E-state index contributed by atoms with van der Waals surface area (Å²) in [4.78, 5) is 14.3. The Morgan fingerprint density at radius 2 is 2.00 bits per heavy atom. The van der Waals surface area contributed by atoms with Crippen LogP contribution in [0.15, 0.2) is 12.7 Å². The highest BCUT2D eigenvalue weighted by Crippen LogP contribution is 2.29. The number of carbonyl (C=O) groups excluding carboxylic acids is 1. The first-order chi connectivity index (χ1) is 8.31. The summed E-state index contributed by atoms with van der Waals surface area (Å²) in [6.45, 7) is 6.91. The predicted octanol–water partition coefficient (Wildman–Crippen LogP) is 1.94. The van der Waals surface area contributed by atoms with Gasteiger partial charge in [0.2, 0.25) is 5.91 Å². The summed E-state index contributed by atoms with van der Waals surface area (Å²) in [7, 11) is 0. The summed E-state index contributed by atoms with van der Waals surface area (Å²) < 4.78 is 0. The van der Waals surface area contributed by atoms with Crippen LogP contribution in [0, 0.1) is 5.92 Å². The third-order valence-corrected chi connectivity index (χ3v) is 3.78. The van der Waals surface area contributed by atoms with Gasteiger partial charge in [-0.05, 0) is 51.1 Å². The lowest BCUT2D eigenvalue weighted by Gasteiger charge is -2.30. The lowest BCUT2D eigenvalue weighted by molar-refractivity contribution is -0.132. The molecule has 1 aliphatic heterocycles. The van der Waals surface area contributed by atoms with Crippen LogP contribution in [-0.4, -0.2) is 36.5 Å². The Bertz CT molecular complexity index is 267. The van der Waals surface area contributed by atoms with Crippen molar-refractivity contribution in [3.8, 4) is 0 Å². The van der Waals surface area contributed by atoms with Gasteiger partial charge in [0.1, 0.15) is 0 Å². The maximum absolute atomic E-state index is 12.1. The van der Waals surface area contributed by atoms with Crippen LogP contribution in [0.1, 0.15) is 38.5 Å². The largest absolute Gasteiger partial charge is 0.339 e. The minimum atomic E-state index is 0.339. The number of amides is 1. The van der Waals surface area contributed by atoms with Crippen LogP contribution in [0.5, 0.6) is 0 Å². The van der Waals surface area contributed by atoms with Gasteiger partial charge in [-0.25, -0.2) is 0 Å². The molecule has 0 aromatic rings. The van der Waals surface area contributed by atoms with Crippen molar-refractivity contribution in [1.29, 1.82) is 0 Å². The van der Waals surface area contributed by atoms with E-state index < -0.39 is 0 Å². The highest BCUT2D eigenvalue weighted by atomic mass is 16.2. The second kappa shape index (κ2) is 6.20. The maximum atomic E-state index is 12.1. The number of hydrogen-bond donors (Lipinski definition) is 1.